The SMILES string of the molecule is Cc1cc(N(CC(C)C)C2CC2)ccc1CN. The minimum atomic E-state index is 0.639. The van der Waals surface area contributed by atoms with Crippen LogP contribution in [0.1, 0.15) is 37.8 Å². The van der Waals surface area contributed by atoms with Crippen LogP contribution >= 0.6 is 0 Å². The molecule has 2 heteroatoms. The largest absolute Gasteiger partial charge is 0.368 e. The molecule has 0 atom stereocenters. The normalized spacial score (nSPS) is 15.4. The number of aryl methyl sites for hydroxylation is 1. The van der Waals surface area contributed by atoms with Crippen LogP contribution in [-0.4, -0.2) is 12.6 Å². The van der Waals surface area contributed by atoms with E-state index < -0.39 is 0 Å². The van der Waals surface area contributed by atoms with Crippen LogP contribution in [0.25, 0.3) is 0 Å². The number of benzene rings is 1. The molecule has 0 bridgehead atoms. The Labute approximate surface area is 105 Å². The van der Waals surface area contributed by atoms with Crippen LogP contribution in [0.15, 0.2) is 18.2 Å². The molecule has 0 aliphatic heterocycles. The second kappa shape index (κ2) is 5.09. The lowest BCUT2D eigenvalue weighted by Gasteiger charge is -2.27. The van der Waals surface area contributed by atoms with Crippen molar-refractivity contribution in [2.24, 2.45) is 11.7 Å². The predicted molar refractivity (Wildman–Crippen MR) is 74.3 cm³/mol. The van der Waals surface area contributed by atoms with Gasteiger partial charge < -0.3 is 10.6 Å². The van der Waals surface area contributed by atoms with E-state index >= 15 is 0 Å². The number of anilines is 1. The van der Waals surface area contributed by atoms with E-state index in [0.29, 0.717) is 12.5 Å². The van der Waals surface area contributed by atoms with E-state index in [1.165, 1.54) is 29.7 Å². The zero-order valence-corrected chi connectivity index (χ0v) is 11.2. The van der Waals surface area contributed by atoms with Crippen molar-refractivity contribution in [3.63, 3.8) is 0 Å². The highest BCUT2D eigenvalue weighted by molar-refractivity contribution is 5.52. The highest BCUT2D eigenvalue weighted by Crippen LogP contribution is 2.33. The van der Waals surface area contributed by atoms with E-state index in [-0.39, 0.29) is 0 Å². The topological polar surface area (TPSA) is 29.3 Å². The van der Waals surface area contributed by atoms with Crippen LogP contribution in [0.2, 0.25) is 0 Å². The summed E-state index contributed by atoms with van der Waals surface area (Å²) in [6.45, 7) is 8.53. The second-order valence-electron chi connectivity index (χ2n) is 5.59. The molecule has 2 rings (SSSR count). The molecule has 1 fully saturated rings. The van der Waals surface area contributed by atoms with Gasteiger partial charge in [-0.3, -0.25) is 0 Å². The molecule has 0 amide bonds. The molecule has 94 valence electrons. The van der Waals surface area contributed by atoms with Crippen LogP contribution < -0.4 is 10.6 Å². The van der Waals surface area contributed by atoms with Gasteiger partial charge >= 0.3 is 0 Å². The van der Waals surface area contributed by atoms with Crippen LogP contribution in [0.4, 0.5) is 5.69 Å². The van der Waals surface area contributed by atoms with Gasteiger partial charge in [0.2, 0.25) is 0 Å². The third-order valence-electron chi connectivity index (χ3n) is 3.43. The van der Waals surface area contributed by atoms with Crippen molar-refractivity contribution in [2.75, 3.05) is 11.4 Å². The van der Waals surface area contributed by atoms with Crippen LogP contribution in [-0.2, 0) is 6.54 Å². The van der Waals surface area contributed by atoms with Gasteiger partial charge in [-0.25, -0.2) is 0 Å². The molecule has 0 spiro atoms. The molecule has 1 saturated carbocycles. The van der Waals surface area contributed by atoms with Gasteiger partial charge in [0.05, 0.1) is 0 Å². The first-order valence-corrected chi connectivity index (χ1v) is 6.68. The lowest BCUT2D eigenvalue weighted by atomic mass is 10.1. The second-order valence-corrected chi connectivity index (χ2v) is 5.59. The summed E-state index contributed by atoms with van der Waals surface area (Å²) >= 11 is 0. The Morgan fingerprint density at radius 1 is 1.35 bits per heavy atom. The molecule has 0 radical (unpaired) electrons. The minimum Gasteiger partial charge on any atom is -0.368 e. The van der Waals surface area contributed by atoms with Crippen molar-refractivity contribution in [3.05, 3.63) is 29.3 Å². The van der Waals surface area contributed by atoms with Gasteiger partial charge in [-0.1, -0.05) is 19.9 Å². The van der Waals surface area contributed by atoms with E-state index in [9.17, 15) is 0 Å². The van der Waals surface area contributed by atoms with Crippen LogP contribution in [0.3, 0.4) is 0 Å². The van der Waals surface area contributed by atoms with Gasteiger partial charge in [0, 0.05) is 24.8 Å². The van der Waals surface area contributed by atoms with Crippen molar-refractivity contribution < 1.29 is 0 Å². The summed E-state index contributed by atoms with van der Waals surface area (Å²) in [5, 5.41) is 0. The molecule has 1 aromatic carbocycles. The summed E-state index contributed by atoms with van der Waals surface area (Å²) in [5.41, 5.74) is 9.66. The number of nitrogens with two attached hydrogens (primary N) is 1. The first-order chi connectivity index (χ1) is 8.11. The van der Waals surface area contributed by atoms with Crippen molar-refractivity contribution >= 4 is 5.69 Å². The molecular weight excluding hydrogens is 208 g/mol. The van der Waals surface area contributed by atoms with Gasteiger partial charge in [0.25, 0.3) is 0 Å². The maximum absolute atomic E-state index is 5.72. The van der Waals surface area contributed by atoms with Crippen molar-refractivity contribution in [1.29, 1.82) is 0 Å². The zero-order chi connectivity index (χ0) is 12.4. The lowest BCUT2D eigenvalue weighted by Crippen LogP contribution is -2.29. The maximum atomic E-state index is 5.72. The van der Waals surface area contributed by atoms with Crippen LogP contribution in [0.5, 0.6) is 0 Å². The first-order valence-electron chi connectivity index (χ1n) is 6.68. The zero-order valence-electron chi connectivity index (χ0n) is 11.2. The lowest BCUT2D eigenvalue weighted by molar-refractivity contribution is 0.607. The number of hydrogen-bond donors (Lipinski definition) is 1. The molecule has 1 aromatic rings. The standard InChI is InChI=1S/C15H24N2/c1-11(2)10-17(14-6-7-14)15-5-4-13(9-16)12(3)8-15/h4-5,8,11,14H,6-7,9-10,16H2,1-3H3. The van der Waals surface area contributed by atoms with E-state index in [1.807, 2.05) is 0 Å². The first kappa shape index (κ1) is 12.4. The molecule has 2 N–H and O–H groups in total. The van der Waals surface area contributed by atoms with Gasteiger partial charge in [-0.15, -0.1) is 0 Å². The molecule has 1 aliphatic rings. The Morgan fingerprint density at radius 2 is 2.06 bits per heavy atom. The van der Waals surface area contributed by atoms with E-state index in [2.05, 4.69) is 43.9 Å². The monoisotopic (exact) mass is 232 g/mol. The highest BCUT2D eigenvalue weighted by Gasteiger charge is 2.29. The van der Waals surface area contributed by atoms with Gasteiger partial charge in [0.15, 0.2) is 0 Å². The smallest absolute Gasteiger partial charge is 0.0371 e. The minimum absolute atomic E-state index is 0.639. The Hall–Kier alpha value is -1.02. The average Bonchev–Trinajstić information content (AvgIpc) is 3.09. The Kier molecular flexibility index (Phi) is 3.72. The van der Waals surface area contributed by atoms with Crippen molar-refractivity contribution in [3.8, 4) is 0 Å². The summed E-state index contributed by atoms with van der Waals surface area (Å²) in [7, 11) is 0. The fraction of sp³-hybridized carbons (Fsp3) is 0.600. The van der Waals surface area contributed by atoms with Crippen molar-refractivity contribution in [2.45, 2.75) is 46.2 Å². The van der Waals surface area contributed by atoms with Crippen LogP contribution in [0, 0.1) is 12.8 Å². The Bertz CT molecular complexity index is 381. The third-order valence-corrected chi connectivity index (χ3v) is 3.43. The maximum Gasteiger partial charge on any atom is 0.0371 e. The Balaban J connectivity index is 2.20. The third kappa shape index (κ3) is 3.01. The number of nitrogens with zero attached hydrogens (tertiary/aromatic N) is 1. The number of rotatable bonds is 5. The summed E-state index contributed by atoms with van der Waals surface area (Å²) in [6.07, 6.45) is 2.70. The van der Waals surface area contributed by atoms with Gasteiger partial charge in [0.1, 0.15) is 0 Å². The van der Waals surface area contributed by atoms with Crippen molar-refractivity contribution in [1.82, 2.24) is 0 Å². The molecule has 2 nitrogen and oxygen atoms in total. The van der Waals surface area contributed by atoms with E-state index in [1.54, 1.807) is 0 Å². The summed E-state index contributed by atoms with van der Waals surface area (Å²) < 4.78 is 0. The summed E-state index contributed by atoms with van der Waals surface area (Å²) in [5.74, 6) is 0.713. The van der Waals surface area contributed by atoms with Gasteiger partial charge in [-0.05, 0) is 48.9 Å². The molecule has 0 saturated heterocycles. The molecule has 0 aromatic heterocycles. The average molecular weight is 232 g/mol. The van der Waals surface area contributed by atoms with E-state index in [4.69, 9.17) is 5.73 Å². The predicted octanol–water partition coefficient (Wildman–Crippen LogP) is 3.08. The fourth-order valence-corrected chi connectivity index (χ4v) is 2.33. The number of hydrogen-bond acceptors (Lipinski definition) is 2. The molecular formula is C15H24N2. The fourth-order valence-electron chi connectivity index (χ4n) is 2.33. The summed E-state index contributed by atoms with van der Waals surface area (Å²) in [6, 6.07) is 7.49. The molecule has 1 aliphatic carbocycles. The molecule has 17 heavy (non-hydrogen) atoms. The quantitative estimate of drug-likeness (QED) is 0.845. The summed E-state index contributed by atoms with van der Waals surface area (Å²) in [4.78, 5) is 2.57. The molecule has 0 heterocycles. The Morgan fingerprint density at radius 3 is 2.53 bits per heavy atom. The van der Waals surface area contributed by atoms with Gasteiger partial charge in [-0.2, -0.15) is 0 Å². The highest BCUT2D eigenvalue weighted by atomic mass is 15.2. The van der Waals surface area contributed by atoms with E-state index in [0.717, 1.165) is 12.6 Å². The molecule has 0 unspecified atom stereocenters.